The van der Waals surface area contributed by atoms with E-state index in [0.717, 1.165) is 61.4 Å². The van der Waals surface area contributed by atoms with Gasteiger partial charge in [0.05, 0.1) is 13.1 Å². The number of morpholine rings is 1. The standard InChI is InChI=1S/C32H35N7O2/c1-23-9-12-37(20-23)21-25-4-2-24(3-5-25)10-13-39-22-29(31(36-39)38-14-16-41-17-15-38)32(40)35-19-26-6-7-28-27(18-26)8-11-34-30(28)33/h2-9,11-12,18,20,22H,10,13-17,19,21H2,1H3,(H2,33,34)(H,35,40)/p+1. The van der Waals surface area contributed by atoms with E-state index in [1.165, 1.54) is 16.7 Å². The van der Waals surface area contributed by atoms with Crippen molar-refractivity contribution >= 4 is 28.3 Å². The molecule has 1 saturated heterocycles. The number of nitrogens with zero attached hydrogens (tertiary/aromatic N) is 5. The molecule has 2 aromatic carbocycles. The number of rotatable bonds is 9. The first-order chi connectivity index (χ1) is 20.0. The lowest BCUT2D eigenvalue weighted by Crippen LogP contribution is -2.39. The molecule has 210 valence electrons. The minimum Gasteiger partial charge on any atom is -0.431 e. The largest absolute Gasteiger partial charge is 0.431 e. The molecule has 9 heteroatoms. The Labute approximate surface area is 239 Å². The summed E-state index contributed by atoms with van der Waals surface area (Å²) in [6, 6.07) is 18.8. The Morgan fingerprint density at radius 1 is 1.00 bits per heavy atom. The number of nitrogen functional groups attached to an aromatic ring is 1. The molecule has 1 aliphatic heterocycles. The van der Waals surface area contributed by atoms with E-state index in [2.05, 4.69) is 74.2 Å². The second kappa shape index (κ2) is 11.9. The Kier molecular flexibility index (Phi) is 7.69. The van der Waals surface area contributed by atoms with Crippen LogP contribution in [0.25, 0.3) is 10.8 Å². The topological polar surface area (TPSA) is 107 Å². The van der Waals surface area contributed by atoms with Crippen LogP contribution < -0.4 is 16.0 Å². The van der Waals surface area contributed by atoms with Gasteiger partial charge in [-0.05, 0) is 59.2 Å². The SMILES string of the molecule is Cc1ccn(Cc2ccc(CCn3cc(C(=O)NCc4ccc5c(N)nccc5c4)c(N4CC[OH+]CC4)n3)cc2)c1. The summed E-state index contributed by atoms with van der Waals surface area (Å²) in [5.74, 6) is 1.10. The highest BCUT2D eigenvalue weighted by Gasteiger charge is 2.24. The lowest BCUT2D eigenvalue weighted by molar-refractivity contribution is -0.0439. The zero-order valence-corrected chi connectivity index (χ0v) is 23.3. The van der Waals surface area contributed by atoms with E-state index >= 15 is 0 Å². The number of nitrogens with one attached hydrogen (secondary N) is 1. The Bertz CT molecular complexity index is 1650. The Hall–Kier alpha value is -4.63. The Balaban J connectivity index is 1.13. The van der Waals surface area contributed by atoms with Gasteiger partial charge in [-0.3, -0.25) is 9.48 Å². The van der Waals surface area contributed by atoms with Crippen molar-refractivity contribution in [3.05, 3.63) is 107 Å². The third-order valence-corrected chi connectivity index (χ3v) is 7.57. The van der Waals surface area contributed by atoms with Crippen LogP contribution >= 0.6 is 0 Å². The van der Waals surface area contributed by atoms with E-state index in [1.54, 1.807) is 6.20 Å². The molecule has 3 aromatic heterocycles. The quantitative estimate of drug-likeness (QED) is 0.272. The van der Waals surface area contributed by atoms with E-state index in [9.17, 15) is 4.79 Å². The number of carbonyl (C=O) groups excluding carboxylic acids is 1. The van der Waals surface area contributed by atoms with Gasteiger partial charge < -0.3 is 25.3 Å². The van der Waals surface area contributed by atoms with Crippen molar-refractivity contribution in [2.45, 2.75) is 33.0 Å². The third-order valence-electron chi connectivity index (χ3n) is 7.57. The molecule has 1 fully saturated rings. The lowest BCUT2D eigenvalue weighted by atomic mass is 10.1. The average Bonchev–Trinajstić information content (AvgIpc) is 3.62. The van der Waals surface area contributed by atoms with E-state index in [1.807, 2.05) is 35.1 Å². The maximum atomic E-state index is 13.4. The van der Waals surface area contributed by atoms with Crippen LogP contribution in [0.15, 0.2) is 79.4 Å². The number of benzene rings is 2. The molecule has 4 N–H and O–H groups in total. The first-order valence-corrected chi connectivity index (χ1v) is 14.1. The van der Waals surface area contributed by atoms with Crippen LogP contribution in [0.4, 0.5) is 11.6 Å². The normalized spacial score (nSPS) is 13.5. The molecule has 1 aliphatic rings. The Morgan fingerprint density at radius 2 is 1.78 bits per heavy atom. The van der Waals surface area contributed by atoms with Crippen LogP contribution in [-0.2, 0) is 26.1 Å². The van der Waals surface area contributed by atoms with Gasteiger partial charge in [0, 0.05) is 49.8 Å². The van der Waals surface area contributed by atoms with Crippen molar-refractivity contribution in [2.24, 2.45) is 0 Å². The summed E-state index contributed by atoms with van der Waals surface area (Å²) in [5.41, 5.74) is 11.4. The third kappa shape index (κ3) is 6.25. The number of aromatic nitrogens is 4. The number of ether oxygens (including phenoxy) is 1. The predicted molar refractivity (Wildman–Crippen MR) is 162 cm³/mol. The highest BCUT2D eigenvalue weighted by atomic mass is 16.5. The first-order valence-electron chi connectivity index (χ1n) is 14.1. The molecule has 0 atom stereocenters. The number of nitrogens with two attached hydrogens (primary N) is 1. The molecule has 5 aromatic rings. The molecule has 0 aliphatic carbocycles. The maximum absolute atomic E-state index is 13.4. The number of hydrogen-bond donors (Lipinski definition) is 2. The van der Waals surface area contributed by atoms with Crippen LogP contribution in [0, 0.1) is 6.92 Å². The van der Waals surface area contributed by atoms with Gasteiger partial charge in [0.25, 0.3) is 5.91 Å². The second-order valence-corrected chi connectivity index (χ2v) is 10.6. The number of anilines is 2. The molecule has 0 saturated carbocycles. The minimum atomic E-state index is -0.132. The van der Waals surface area contributed by atoms with Crippen LogP contribution in [0.5, 0.6) is 0 Å². The first kappa shape index (κ1) is 26.6. The number of aliphatic hydroxyl groups is 2. The van der Waals surface area contributed by atoms with Crippen molar-refractivity contribution in [1.82, 2.24) is 24.6 Å². The molecule has 0 bridgehead atoms. The molecule has 0 radical (unpaired) electrons. The summed E-state index contributed by atoms with van der Waals surface area (Å²) >= 11 is 0. The van der Waals surface area contributed by atoms with Crippen molar-refractivity contribution in [2.75, 3.05) is 36.9 Å². The van der Waals surface area contributed by atoms with Gasteiger partial charge in [-0.1, -0.05) is 36.4 Å². The van der Waals surface area contributed by atoms with Gasteiger partial charge >= 0.3 is 0 Å². The number of amides is 1. The zero-order valence-electron chi connectivity index (χ0n) is 23.3. The highest BCUT2D eigenvalue weighted by Crippen LogP contribution is 2.22. The van der Waals surface area contributed by atoms with Crippen molar-refractivity contribution in [3.8, 4) is 0 Å². The van der Waals surface area contributed by atoms with E-state index in [-0.39, 0.29) is 5.91 Å². The molecule has 9 nitrogen and oxygen atoms in total. The number of pyridine rings is 1. The molecule has 4 heterocycles. The van der Waals surface area contributed by atoms with Gasteiger partial charge in [0.15, 0.2) is 19.0 Å². The summed E-state index contributed by atoms with van der Waals surface area (Å²) in [7, 11) is 0. The molecule has 41 heavy (non-hydrogen) atoms. The summed E-state index contributed by atoms with van der Waals surface area (Å²) in [6.45, 7) is 7.09. The summed E-state index contributed by atoms with van der Waals surface area (Å²) in [4.78, 5) is 19.7. The van der Waals surface area contributed by atoms with E-state index in [4.69, 9.17) is 10.8 Å². The van der Waals surface area contributed by atoms with Gasteiger partial charge in [-0.2, -0.15) is 5.10 Å². The Morgan fingerprint density at radius 3 is 2.56 bits per heavy atom. The fourth-order valence-electron chi connectivity index (χ4n) is 5.30. The van der Waals surface area contributed by atoms with E-state index in [0.29, 0.717) is 24.5 Å². The molecular formula is C32H36N7O2+. The molecule has 6 rings (SSSR count). The van der Waals surface area contributed by atoms with Gasteiger partial charge in [-0.15, -0.1) is 0 Å². The molecule has 0 spiro atoms. The van der Waals surface area contributed by atoms with Crippen LogP contribution in [0.3, 0.4) is 0 Å². The van der Waals surface area contributed by atoms with Crippen LogP contribution in [0.1, 0.15) is 32.6 Å². The minimum absolute atomic E-state index is 0.132. The molecule has 0 unspecified atom stereocenters. The lowest BCUT2D eigenvalue weighted by Gasteiger charge is -2.25. The highest BCUT2D eigenvalue weighted by molar-refractivity contribution is 5.99. The average molecular weight is 551 g/mol. The molecular weight excluding hydrogens is 514 g/mol. The summed E-state index contributed by atoms with van der Waals surface area (Å²) in [5, 5.41) is 9.88. The van der Waals surface area contributed by atoms with E-state index < -0.39 is 0 Å². The monoisotopic (exact) mass is 550 g/mol. The summed E-state index contributed by atoms with van der Waals surface area (Å²) < 4.78 is 8.56. The number of hydrogen-bond acceptors (Lipinski definition) is 5. The van der Waals surface area contributed by atoms with Crippen molar-refractivity contribution < 1.29 is 9.53 Å². The van der Waals surface area contributed by atoms with Gasteiger partial charge in [0.1, 0.15) is 11.4 Å². The zero-order chi connectivity index (χ0) is 28.2. The number of carbonyl (C=O) groups is 1. The van der Waals surface area contributed by atoms with Crippen molar-refractivity contribution in [3.63, 3.8) is 0 Å². The molecule has 1 amide bonds. The van der Waals surface area contributed by atoms with Crippen molar-refractivity contribution in [1.29, 1.82) is 0 Å². The van der Waals surface area contributed by atoms with Gasteiger partial charge in [0.2, 0.25) is 0 Å². The fourth-order valence-corrected chi connectivity index (χ4v) is 5.30. The smallest absolute Gasteiger partial charge is 0.256 e. The number of fused-ring (bicyclic) bond motifs is 1. The van der Waals surface area contributed by atoms with Crippen LogP contribution in [0.2, 0.25) is 0 Å². The number of aryl methyl sites for hydroxylation is 3. The second-order valence-electron chi connectivity index (χ2n) is 10.6. The predicted octanol–water partition coefficient (Wildman–Crippen LogP) is 3.69. The van der Waals surface area contributed by atoms with Crippen LogP contribution in [-0.4, -0.2) is 56.3 Å². The van der Waals surface area contributed by atoms with Gasteiger partial charge in [-0.25, -0.2) is 4.98 Å². The summed E-state index contributed by atoms with van der Waals surface area (Å²) in [6.07, 6.45) is 8.67. The fraction of sp³-hybridized carbons (Fsp3) is 0.281. The maximum Gasteiger partial charge on any atom is 0.256 e.